The molecule has 2 heterocycles. The van der Waals surface area contributed by atoms with Gasteiger partial charge in [0.15, 0.2) is 0 Å². The van der Waals surface area contributed by atoms with Gasteiger partial charge in [-0.1, -0.05) is 43.2 Å². The summed E-state index contributed by atoms with van der Waals surface area (Å²) in [7, 11) is 0. The van der Waals surface area contributed by atoms with Gasteiger partial charge in [0, 0.05) is 30.8 Å². The summed E-state index contributed by atoms with van der Waals surface area (Å²) in [5.41, 5.74) is 3.20. The second kappa shape index (κ2) is 13.0. The normalized spacial score (nSPS) is 13.3. The fourth-order valence-electron chi connectivity index (χ4n) is 4.51. The number of hydrogen-bond acceptors (Lipinski definition) is 6. The summed E-state index contributed by atoms with van der Waals surface area (Å²) in [6.07, 6.45) is 9.09. The molecule has 2 aromatic heterocycles. The van der Waals surface area contributed by atoms with Crippen molar-refractivity contribution in [1.82, 2.24) is 9.97 Å². The predicted molar refractivity (Wildman–Crippen MR) is 149 cm³/mol. The van der Waals surface area contributed by atoms with Gasteiger partial charge in [0.2, 0.25) is 0 Å². The molecule has 0 bridgehead atoms. The Labute approximate surface area is 227 Å². The van der Waals surface area contributed by atoms with Crippen LogP contribution in [-0.2, 0) is 12.0 Å². The molecule has 1 aliphatic rings. The lowest BCUT2D eigenvalue weighted by atomic mass is 9.80. The van der Waals surface area contributed by atoms with Gasteiger partial charge in [-0.15, -0.1) is 0 Å². The molecule has 1 saturated carbocycles. The Hall–Kier alpha value is -5.03. The second-order valence-corrected chi connectivity index (χ2v) is 9.21. The number of carboxylic acid groups (broad SMARTS) is 1. The Morgan fingerprint density at radius 1 is 0.897 bits per heavy atom. The Morgan fingerprint density at radius 3 is 2.21 bits per heavy atom. The number of aromatic carboxylic acids is 1. The highest BCUT2D eigenvalue weighted by Crippen LogP contribution is 2.40. The summed E-state index contributed by atoms with van der Waals surface area (Å²) in [5.74, 6) is -0.586. The molecule has 8 nitrogen and oxygen atoms in total. The molecule has 0 radical (unpaired) electrons. The number of nitrogens with one attached hydrogen (secondary N) is 2. The summed E-state index contributed by atoms with van der Waals surface area (Å²) >= 11 is 0. The number of nitrogens with zero attached hydrogens (tertiary/aromatic N) is 3. The van der Waals surface area contributed by atoms with Crippen molar-refractivity contribution in [2.45, 2.75) is 37.6 Å². The Kier molecular flexibility index (Phi) is 8.99. The third-order valence-corrected chi connectivity index (χ3v) is 6.65. The van der Waals surface area contributed by atoms with E-state index in [0.29, 0.717) is 29.2 Å². The lowest BCUT2D eigenvalue weighted by Crippen LogP contribution is -2.19. The molecule has 4 aromatic rings. The first-order valence-electron chi connectivity index (χ1n) is 12.7. The largest absolute Gasteiger partial charge is 0.478 e. The first kappa shape index (κ1) is 27.0. The standard InChI is InChI=1S/C24H23N5O.C7H6O2/c25-17-24(11-1-2-12-24)19-5-7-20(8-6-19)29-23(30)21-4-3-13-27-22(21)28-16-18-9-14-26-15-10-18;8-7(9)6-4-2-1-3-5-6/h3-10,13-15H,1-2,11-12,16H2,(H,27,28)(H,29,30);1-5H,(H,8,9). The topological polar surface area (TPSA) is 128 Å². The molecule has 1 amide bonds. The summed E-state index contributed by atoms with van der Waals surface area (Å²) in [4.78, 5) is 31.4. The number of carbonyl (C=O) groups excluding carboxylic acids is 1. The highest BCUT2D eigenvalue weighted by Gasteiger charge is 2.35. The molecule has 1 aliphatic carbocycles. The molecule has 0 unspecified atom stereocenters. The quantitative estimate of drug-likeness (QED) is 0.271. The van der Waals surface area contributed by atoms with Crippen molar-refractivity contribution in [3.63, 3.8) is 0 Å². The fourth-order valence-corrected chi connectivity index (χ4v) is 4.51. The second-order valence-electron chi connectivity index (χ2n) is 9.21. The van der Waals surface area contributed by atoms with Crippen LogP contribution in [0.1, 0.15) is 57.5 Å². The van der Waals surface area contributed by atoms with Gasteiger partial charge in [-0.05, 0) is 72.5 Å². The molecule has 1 fully saturated rings. The van der Waals surface area contributed by atoms with Crippen LogP contribution in [0.15, 0.2) is 97.5 Å². The van der Waals surface area contributed by atoms with Crippen LogP contribution in [0, 0.1) is 11.3 Å². The van der Waals surface area contributed by atoms with E-state index in [4.69, 9.17) is 5.11 Å². The van der Waals surface area contributed by atoms with Crippen molar-refractivity contribution >= 4 is 23.4 Å². The molecule has 0 aliphatic heterocycles. The van der Waals surface area contributed by atoms with E-state index in [-0.39, 0.29) is 11.3 Å². The Bertz CT molecular complexity index is 1430. The number of hydrogen-bond donors (Lipinski definition) is 3. The molecule has 0 atom stereocenters. The maximum atomic E-state index is 12.9. The minimum atomic E-state index is -0.879. The van der Waals surface area contributed by atoms with Gasteiger partial charge in [0.05, 0.1) is 22.6 Å². The number of amides is 1. The lowest BCUT2D eigenvalue weighted by Gasteiger charge is -2.21. The number of aromatic nitrogens is 2. The van der Waals surface area contributed by atoms with Crippen LogP contribution in [0.2, 0.25) is 0 Å². The van der Waals surface area contributed by atoms with Crippen LogP contribution < -0.4 is 10.6 Å². The minimum Gasteiger partial charge on any atom is -0.478 e. The van der Waals surface area contributed by atoms with E-state index in [9.17, 15) is 14.9 Å². The molecule has 39 heavy (non-hydrogen) atoms. The van der Waals surface area contributed by atoms with Crippen LogP contribution in [0.3, 0.4) is 0 Å². The van der Waals surface area contributed by atoms with E-state index >= 15 is 0 Å². The van der Waals surface area contributed by atoms with Gasteiger partial charge < -0.3 is 15.7 Å². The average Bonchev–Trinajstić information content (AvgIpc) is 3.48. The van der Waals surface area contributed by atoms with Crippen LogP contribution in [0.25, 0.3) is 0 Å². The van der Waals surface area contributed by atoms with Gasteiger partial charge in [-0.25, -0.2) is 9.78 Å². The summed E-state index contributed by atoms with van der Waals surface area (Å²) in [5, 5.41) is 24.2. The predicted octanol–water partition coefficient (Wildman–Crippen LogP) is 6.06. The zero-order valence-corrected chi connectivity index (χ0v) is 21.4. The van der Waals surface area contributed by atoms with Gasteiger partial charge in [0.25, 0.3) is 5.91 Å². The molecule has 8 heteroatoms. The summed E-state index contributed by atoms with van der Waals surface area (Å²) in [6.45, 7) is 0.546. The van der Waals surface area contributed by atoms with Gasteiger partial charge in [-0.2, -0.15) is 5.26 Å². The zero-order valence-electron chi connectivity index (χ0n) is 21.4. The number of carbonyl (C=O) groups is 2. The van der Waals surface area contributed by atoms with Crippen molar-refractivity contribution in [3.05, 3.63) is 120 Å². The van der Waals surface area contributed by atoms with E-state index in [1.165, 1.54) is 0 Å². The monoisotopic (exact) mass is 519 g/mol. The van der Waals surface area contributed by atoms with Crippen molar-refractivity contribution in [2.24, 2.45) is 0 Å². The summed E-state index contributed by atoms with van der Waals surface area (Å²) in [6, 6.07) is 25.8. The first-order chi connectivity index (χ1) is 19.0. The van der Waals surface area contributed by atoms with E-state index in [2.05, 4.69) is 26.7 Å². The number of pyridine rings is 2. The van der Waals surface area contributed by atoms with Crippen molar-refractivity contribution in [1.29, 1.82) is 5.26 Å². The van der Waals surface area contributed by atoms with Gasteiger partial charge >= 0.3 is 5.97 Å². The smallest absolute Gasteiger partial charge is 0.335 e. The van der Waals surface area contributed by atoms with Crippen LogP contribution >= 0.6 is 0 Å². The van der Waals surface area contributed by atoms with Crippen molar-refractivity contribution in [2.75, 3.05) is 10.6 Å². The van der Waals surface area contributed by atoms with E-state index in [0.717, 1.165) is 36.8 Å². The number of rotatable bonds is 7. The Balaban J connectivity index is 0.000000333. The molecular weight excluding hydrogens is 490 g/mol. The maximum Gasteiger partial charge on any atom is 0.335 e. The molecule has 196 valence electrons. The SMILES string of the molecule is N#CC1(c2ccc(NC(=O)c3cccnc3NCc3ccncc3)cc2)CCCC1.O=C(O)c1ccccc1. The molecule has 0 saturated heterocycles. The van der Waals surface area contributed by atoms with E-state index in [1.807, 2.05) is 36.4 Å². The van der Waals surface area contributed by atoms with E-state index in [1.54, 1.807) is 61.1 Å². The number of carboxylic acids is 1. The highest BCUT2D eigenvalue weighted by atomic mass is 16.4. The van der Waals surface area contributed by atoms with Crippen LogP contribution in [0.4, 0.5) is 11.5 Å². The Morgan fingerprint density at radius 2 is 1.59 bits per heavy atom. The molecule has 5 rings (SSSR count). The molecule has 3 N–H and O–H groups in total. The lowest BCUT2D eigenvalue weighted by molar-refractivity contribution is 0.0696. The number of nitriles is 1. The number of benzene rings is 2. The molecule has 0 spiro atoms. The fraction of sp³-hybridized carbons (Fsp3) is 0.194. The zero-order chi connectivity index (χ0) is 27.5. The van der Waals surface area contributed by atoms with Crippen LogP contribution in [0.5, 0.6) is 0 Å². The van der Waals surface area contributed by atoms with Gasteiger partial charge in [0.1, 0.15) is 5.82 Å². The van der Waals surface area contributed by atoms with Gasteiger partial charge in [-0.3, -0.25) is 9.78 Å². The van der Waals surface area contributed by atoms with Crippen LogP contribution in [-0.4, -0.2) is 27.0 Å². The van der Waals surface area contributed by atoms with Crippen molar-refractivity contribution in [3.8, 4) is 6.07 Å². The number of anilines is 2. The van der Waals surface area contributed by atoms with Crippen molar-refractivity contribution < 1.29 is 14.7 Å². The first-order valence-corrected chi connectivity index (χ1v) is 12.7. The average molecular weight is 520 g/mol. The van der Waals surface area contributed by atoms with E-state index < -0.39 is 5.97 Å². The third kappa shape index (κ3) is 7.05. The molecular formula is C31H29N5O3. The summed E-state index contributed by atoms with van der Waals surface area (Å²) < 4.78 is 0. The highest BCUT2D eigenvalue weighted by molar-refractivity contribution is 6.07. The minimum absolute atomic E-state index is 0.232. The molecule has 2 aromatic carbocycles. The third-order valence-electron chi connectivity index (χ3n) is 6.65. The maximum absolute atomic E-state index is 12.9.